The van der Waals surface area contributed by atoms with Gasteiger partial charge in [0.15, 0.2) is 5.16 Å². The van der Waals surface area contributed by atoms with E-state index in [9.17, 15) is 4.79 Å². The molecule has 1 aromatic carbocycles. The molecule has 8 heteroatoms. The summed E-state index contributed by atoms with van der Waals surface area (Å²) in [6.45, 7) is 5.80. The Hall–Kier alpha value is -2.87. The SMILES string of the molecule is Cc1cc(C)n2c(SCC(=O)N[C@H](C)c3cc4ccccc4o3)nnc2n1. The molecule has 4 rings (SSSR count). The Morgan fingerprint density at radius 3 is 2.89 bits per heavy atom. The maximum absolute atomic E-state index is 12.4. The van der Waals surface area contributed by atoms with E-state index < -0.39 is 0 Å². The summed E-state index contributed by atoms with van der Waals surface area (Å²) < 4.78 is 7.66. The molecule has 0 bridgehead atoms. The van der Waals surface area contributed by atoms with Crippen molar-refractivity contribution in [3.8, 4) is 0 Å². The maximum Gasteiger partial charge on any atom is 0.256 e. The van der Waals surface area contributed by atoms with Crippen LogP contribution in [0.3, 0.4) is 0 Å². The molecule has 3 heterocycles. The zero-order valence-corrected chi connectivity index (χ0v) is 16.1. The number of nitrogens with one attached hydrogen (secondary N) is 1. The molecule has 0 unspecified atom stereocenters. The number of aromatic nitrogens is 4. The van der Waals surface area contributed by atoms with Crippen molar-refractivity contribution in [1.82, 2.24) is 24.9 Å². The quantitative estimate of drug-likeness (QED) is 0.533. The predicted molar refractivity (Wildman–Crippen MR) is 104 cm³/mol. The molecule has 0 fully saturated rings. The molecular formula is C19H19N5O2S. The Balaban J connectivity index is 1.42. The Labute approximate surface area is 160 Å². The Morgan fingerprint density at radius 2 is 2.07 bits per heavy atom. The largest absolute Gasteiger partial charge is 0.459 e. The van der Waals surface area contributed by atoms with Crippen molar-refractivity contribution in [2.75, 3.05) is 5.75 Å². The van der Waals surface area contributed by atoms with E-state index in [0.717, 1.165) is 28.1 Å². The van der Waals surface area contributed by atoms with E-state index in [1.165, 1.54) is 11.8 Å². The number of furan rings is 1. The number of carbonyl (C=O) groups excluding carboxylic acids is 1. The highest BCUT2D eigenvalue weighted by Crippen LogP contribution is 2.24. The number of thioether (sulfide) groups is 1. The first kappa shape index (κ1) is 17.5. The Morgan fingerprint density at radius 1 is 1.26 bits per heavy atom. The van der Waals surface area contributed by atoms with Crippen molar-refractivity contribution in [1.29, 1.82) is 0 Å². The first-order valence-corrected chi connectivity index (χ1v) is 9.60. The molecule has 0 spiro atoms. The Bertz CT molecular complexity index is 1100. The van der Waals surface area contributed by atoms with E-state index in [4.69, 9.17) is 4.42 Å². The van der Waals surface area contributed by atoms with Crippen molar-refractivity contribution in [2.45, 2.75) is 32.0 Å². The minimum atomic E-state index is -0.216. The van der Waals surface area contributed by atoms with Gasteiger partial charge in [-0.05, 0) is 39.0 Å². The van der Waals surface area contributed by atoms with Crippen LogP contribution in [-0.4, -0.2) is 31.2 Å². The molecule has 3 aromatic heterocycles. The minimum absolute atomic E-state index is 0.0950. The van der Waals surface area contributed by atoms with E-state index in [2.05, 4.69) is 20.5 Å². The standard InChI is InChI=1S/C19H19N5O2S/c1-11-8-12(2)24-18(20-11)22-23-19(24)27-10-17(25)21-13(3)16-9-14-6-4-5-7-15(14)26-16/h4-9,13H,10H2,1-3H3,(H,21,25)/t13-/m1/s1. The van der Waals surface area contributed by atoms with Gasteiger partial charge in [-0.15, -0.1) is 10.2 Å². The van der Waals surface area contributed by atoms with Crippen LogP contribution < -0.4 is 5.32 Å². The molecule has 7 nitrogen and oxygen atoms in total. The monoisotopic (exact) mass is 381 g/mol. The second-order valence-electron chi connectivity index (χ2n) is 6.42. The first-order chi connectivity index (χ1) is 13.0. The normalized spacial score (nSPS) is 12.6. The first-order valence-electron chi connectivity index (χ1n) is 8.61. The lowest BCUT2D eigenvalue weighted by atomic mass is 10.2. The van der Waals surface area contributed by atoms with Crippen LogP contribution in [0.15, 0.2) is 46.0 Å². The maximum atomic E-state index is 12.4. The van der Waals surface area contributed by atoms with E-state index in [0.29, 0.717) is 10.9 Å². The lowest BCUT2D eigenvalue weighted by Crippen LogP contribution is -2.28. The van der Waals surface area contributed by atoms with Gasteiger partial charge in [0.05, 0.1) is 11.8 Å². The van der Waals surface area contributed by atoms with Gasteiger partial charge in [-0.3, -0.25) is 9.20 Å². The predicted octanol–water partition coefficient (Wildman–Crippen LogP) is 3.46. The van der Waals surface area contributed by atoms with Crippen LogP contribution in [-0.2, 0) is 4.79 Å². The Kier molecular flexibility index (Phi) is 4.57. The van der Waals surface area contributed by atoms with Gasteiger partial charge in [0.2, 0.25) is 5.91 Å². The fraction of sp³-hybridized carbons (Fsp3) is 0.263. The number of aryl methyl sites for hydroxylation is 2. The number of benzene rings is 1. The van der Waals surface area contributed by atoms with E-state index in [-0.39, 0.29) is 17.7 Å². The van der Waals surface area contributed by atoms with Crippen LogP contribution in [0.5, 0.6) is 0 Å². The summed E-state index contributed by atoms with van der Waals surface area (Å²) in [5, 5.41) is 12.9. The van der Waals surface area contributed by atoms with E-state index in [1.807, 2.05) is 61.6 Å². The molecule has 0 radical (unpaired) electrons. The van der Waals surface area contributed by atoms with Gasteiger partial charge in [0.1, 0.15) is 11.3 Å². The van der Waals surface area contributed by atoms with Crippen LogP contribution >= 0.6 is 11.8 Å². The summed E-state index contributed by atoms with van der Waals surface area (Å²) in [6.07, 6.45) is 0. The van der Waals surface area contributed by atoms with Crippen LogP contribution in [0.25, 0.3) is 16.7 Å². The number of para-hydroxylation sites is 1. The average Bonchev–Trinajstić information content (AvgIpc) is 3.23. The number of hydrogen-bond acceptors (Lipinski definition) is 6. The number of rotatable bonds is 5. The third kappa shape index (κ3) is 3.52. The van der Waals surface area contributed by atoms with Crippen LogP contribution in [0.2, 0.25) is 0 Å². The van der Waals surface area contributed by atoms with Crippen LogP contribution in [0, 0.1) is 13.8 Å². The van der Waals surface area contributed by atoms with Gasteiger partial charge in [0.25, 0.3) is 5.78 Å². The highest BCUT2D eigenvalue weighted by atomic mass is 32.2. The van der Waals surface area contributed by atoms with E-state index in [1.54, 1.807) is 0 Å². The molecule has 1 amide bonds. The number of amides is 1. The van der Waals surface area contributed by atoms with Gasteiger partial charge in [0, 0.05) is 16.8 Å². The highest BCUT2D eigenvalue weighted by molar-refractivity contribution is 7.99. The van der Waals surface area contributed by atoms with Crippen molar-refractivity contribution in [2.24, 2.45) is 0 Å². The molecule has 0 saturated heterocycles. The minimum Gasteiger partial charge on any atom is -0.459 e. The molecule has 1 atom stereocenters. The molecule has 0 saturated carbocycles. The molecule has 1 N–H and O–H groups in total. The number of nitrogens with zero attached hydrogens (tertiary/aromatic N) is 4. The lowest BCUT2D eigenvalue weighted by molar-refractivity contribution is -0.119. The fourth-order valence-corrected chi connectivity index (χ4v) is 3.79. The summed E-state index contributed by atoms with van der Waals surface area (Å²) in [7, 11) is 0. The van der Waals surface area contributed by atoms with Crippen molar-refractivity contribution in [3.63, 3.8) is 0 Å². The van der Waals surface area contributed by atoms with Gasteiger partial charge in [-0.25, -0.2) is 4.98 Å². The molecule has 0 aliphatic carbocycles. The summed E-state index contributed by atoms with van der Waals surface area (Å²) in [5.41, 5.74) is 2.69. The average molecular weight is 381 g/mol. The van der Waals surface area contributed by atoms with Gasteiger partial charge in [-0.1, -0.05) is 30.0 Å². The summed E-state index contributed by atoms with van der Waals surface area (Å²) in [6, 6.07) is 11.5. The zero-order chi connectivity index (χ0) is 19.0. The number of fused-ring (bicyclic) bond motifs is 2. The number of carbonyl (C=O) groups is 1. The smallest absolute Gasteiger partial charge is 0.256 e. The summed E-state index contributed by atoms with van der Waals surface area (Å²) in [4.78, 5) is 16.7. The third-order valence-electron chi connectivity index (χ3n) is 4.24. The molecule has 0 aliphatic heterocycles. The second-order valence-corrected chi connectivity index (χ2v) is 7.36. The van der Waals surface area contributed by atoms with Crippen LogP contribution in [0.4, 0.5) is 0 Å². The lowest BCUT2D eigenvalue weighted by Gasteiger charge is -2.11. The van der Waals surface area contributed by atoms with Crippen LogP contribution in [0.1, 0.15) is 30.1 Å². The summed E-state index contributed by atoms with van der Waals surface area (Å²) in [5.74, 6) is 1.42. The van der Waals surface area contributed by atoms with Crippen molar-refractivity contribution >= 4 is 34.4 Å². The van der Waals surface area contributed by atoms with Gasteiger partial charge >= 0.3 is 0 Å². The number of hydrogen-bond donors (Lipinski definition) is 1. The molecule has 0 aliphatic rings. The van der Waals surface area contributed by atoms with Gasteiger partial charge in [-0.2, -0.15) is 0 Å². The van der Waals surface area contributed by atoms with Gasteiger partial charge < -0.3 is 9.73 Å². The van der Waals surface area contributed by atoms with E-state index >= 15 is 0 Å². The second kappa shape index (κ2) is 7.03. The summed E-state index contributed by atoms with van der Waals surface area (Å²) >= 11 is 1.33. The van der Waals surface area contributed by atoms with Crippen molar-refractivity contribution in [3.05, 3.63) is 53.5 Å². The zero-order valence-electron chi connectivity index (χ0n) is 15.3. The third-order valence-corrected chi connectivity index (χ3v) is 5.17. The topological polar surface area (TPSA) is 85.3 Å². The fourth-order valence-electron chi connectivity index (χ4n) is 2.99. The highest BCUT2D eigenvalue weighted by Gasteiger charge is 2.16. The molecule has 4 aromatic rings. The molecule has 138 valence electrons. The van der Waals surface area contributed by atoms with Crippen molar-refractivity contribution < 1.29 is 9.21 Å². The molecule has 27 heavy (non-hydrogen) atoms. The molecular weight excluding hydrogens is 362 g/mol.